The Morgan fingerprint density at radius 3 is 2.42 bits per heavy atom. The summed E-state index contributed by atoms with van der Waals surface area (Å²) < 4.78 is 0. The Bertz CT molecular complexity index is 803. The summed E-state index contributed by atoms with van der Waals surface area (Å²) in [5, 5.41) is 0.746. The summed E-state index contributed by atoms with van der Waals surface area (Å²) in [6.07, 6.45) is 0. The number of rotatable bonds is 1. The van der Waals surface area contributed by atoms with E-state index >= 15 is 0 Å². The van der Waals surface area contributed by atoms with Gasteiger partial charge in [0.05, 0.1) is 5.69 Å². The molecule has 0 spiro atoms. The number of H-pyrrole nitrogens is 1. The standard InChI is InChI=1S/C16H14BNO/c1-10-15(11-6-8-12(17)9-7-11)18-14-5-3-2-4-13(14)16(10)19/h2-9H,17H2,1H3,(H,18,19). The van der Waals surface area contributed by atoms with E-state index in [4.69, 9.17) is 0 Å². The number of aromatic amines is 1. The smallest absolute Gasteiger partial charge is 0.192 e. The Labute approximate surface area is 112 Å². The fraction of sp³-hybridized carbons (Fsp3) is 0.0625. The number of para-hydroxylation sites is 1. The maximum atomic E-state index is 12.4. The topological polar surface area (TPSA) is 32.9 Å². The lowest BCUT2D eigenvalue weighted by Gasteiger charge is -2.09. The molecule has 1 aromatic heterocycles. The monoisotopic (exact) mass is 247 g/mol. The largest absolute Gasteiger partial charge is 0.354 e. The van der Waals surface area contributed by atoms with Crippen molar-refractivity contribution in [3.8, 4) is 11.3 Å². The fourth-order valence-corrected chi connectivity index (χ4v) is 2.34. The Hall–Kier alpha value is -2.29. The molecule has 2 aromatic carbocycles. The molecule has 0 amide bonds. The van der Waals surface area contributed by atoms with Crippen molar-refractivity contribution in [1.82, 2.24) is 4.98 Å². The number of hydrogen-bond acceptors (Lipinski definition) is 1. The molecule has 0 radical (unpaired) electrons. The van der Waals surface area contributed by atoms with Crippen LogP contribution in [0.5, 0.6) is 0 Å². The Morgan fingerprint density at radius 2 is 1.68 bits per heavy atom. The molecule has 0 saturated carbocycles. The van der Waals surface area contributed by atoms with Crippen molar-refractivity contribution in [3.05, 3.63) is 64.3 Å². The van der Waals surface area contributed by atoms with Gasteiger partial charge >= 0.3 is 0 Å². The number of fused-ring (bicyclic) bond motifs is 1. The highest BCUT2D eigenvalue weighted by molar-refractivity contribution is 6.32. The van der Waals surface area contributed by atoms with E-state index in [9.17, 15) is 4.79 Å². The van der Waals surface area contributed by atoms with Gasteiger partial charge in [-0.05, 0) is 24.6 Å². The first kappa shape index (κ1) is 11.8. The van der Waals surface area contributed by atoms with Gasteiger partial charge in [0.2, 0.25) is 0 Å². The van der Waals surface area contributed by atoms with Gasteiger partial charge in [0.15, 0.2) is 5.43 Å². The minimum atomic E-state index is 0.102. The number of aromatic nitrogens is 1. The second kappa shape index (κ2) is 4.43. The maximum Gasteiger partial charge on any atom is 0.192 e. The molecule has 0 aliphatic carbocycles. The molecule has 3 aromatic rings. The molecule has 3 heteroatoms. The van der Waals surface area contributed by atoms with Crippen LogP contribution in [0.25, 0.3) is 22.2 Å². The van der Waals surface area contributed by atoms with Gasteiger partial charge in [-0.3, -0.25) is 4.79 Å². The average molecular weight is 247 g/mol. The van der Waals surface area contributed by atoms with Gasteiger partial charge in [0, 0.05) is 16.5 Å². The fourth-order valence-electron chi connectivity index (χ4n) is 2.34. The third-order valence-electron chi connectivity index (χ3n) is 3.49. The third kappa shape index (κ3) is 1.97. The second-order valence-corrected chi connectivity index (χ2v) is 4.87. The predicted octanol–water partition coefficient (Wildman–Crippen LogP) is 1.76. The summed E-state index contributed by atoms with van der Waals surface area (Å²) in [6.45, 7) is 1.88. The lowest BCUT2D eigenvalue weighted by atomic mass is 9.94. The highest BCUT2D eigenvalue weighted by atomic mass is 16.1. The highest BCUT2D eigenvalue weighted by Gasteiger charge is 2.09. The molecule has 92 valence electrons. The van der Waals surface area contributed by atoms with Gasteiger partial charge in [-0.15, -0.1) is 0 Å². The van der Waals surface area contributed by atoms with E-state index in [0.29, 0.717) is 0 Å². The summed E-state index contributed by atoms with van der Waals surface area (Å²) in [4.78, 5) is 15.7. The van der Waals surface area contributed by atoms with Crippen LogP contribution in [0.1, 0.15) is 5.56 Å². The lowest BCUT2D eigenvalue weighted by molar-refractivity contribution is 1.30. The molecule has 0 aliphatic rings. The van der Waals surface area contributed by atoms with Crippen molar-refractivity contribution >= 4 is 24.2 Å². The molecule has 0 unspecified atom stereocenters. The van der Waals surface area contributed by atoms with Crippen LogP contribution in [-0.2, 0) is 0 Å². The van der Waals surface area contributed by atoms with Crippen molar-refractivity contribution < 1.29 is 0 Å². The van der Waals surface area contributed by atoms with Crippen LogP contribution in [0.3, 0.4) is 0 Å². The van der Waals surface area contributed by atoms with Gasteiger partial charge in [-0.1, -0.05) is 41.9 Å². The minimum Gasteiger partial charge on any atom is -0.354 e. The Kier molecular flexibility index (Phi) is 2.75. The quantitative estimate of drug-likeness (QED) is 0.653. The molecule has 0 bridgehead atoms. The van der Waals surface area contributed by atoms with E-state index in [1.54, 1.807) is 0 Å². The van der Waals surface area contributed by atoms with Crippen LogP contribution in [0.2, 0.25) is 0 Å². The molecule has 0 aliphatic heterocycles. The van der Waals surface area contributed by atoms with Gasteiger partial charge < -0.3 is 4.98 Å². The van der Waals surface area contributed by atoms with Crippen molar-refractivity contribution in [2.24, 2.45) is 0 Å². The van der Waals surface area contributed by atoms with Crippen LogP contribution < -0.4 is 10.9 Å². The van der Waals surface area contributed by atoms with E-state index in [2.05, 4.69) is 25.0 Å². The number of benzene rings is 2. The van der Waals surface area contributed by atoms with E-state index in [1.807, 2.05) is 43.3 Å². The van der Waals surface area contributed by atoms with Gasteiger partial charge in [-0.2, -0.15) is 0 Å². The zero-order chi connectivity index (χ0) is 13.4. The van der Waals surface area contributed by atoms with Crippen molar-refractivity contribution in [2.75, 3.05) is 0 Å². The molecule has 1 N–H and O–H groups in total. The van der Waals surface area contributed by atoms with E-state index in [-0.39, 0.29) is 5.43 Å². The Balaban J connectivity index is 2.33. The number of pyridine rings is 1. The molecular weight excluding hydrogens is 233 g/mol. The lowest BCUT2D eigenvalue weighted by Crippen LogP contribution is -2.09. The maximum absolute atomic E-state index is 12.4. The molecule has 0 atom stereocenters. The number of hydrogen-bond donors (Lipinski definition) is 1. The molecular formula is C16H14BNO. The van der Waals surface area contributed by atoms with Crippen LogP contribution in [0.15, 0.2) is 53.3 Å². The first-order valence-corrected chi connectivity index (χ1v) is 6.35. The molecule has 0 fully saturated rings. The molecule has 0 saturated heterocycles. The summed E-state index contributed by atoms with van der Waals surface area (Å²) in [5.41, 5.74) is 4.92. The SMILES string of the molecule is Bc1ccc(-c2[nH]c3ccccc3c(=O)c2C)cc1. The first-order valence-electron chi connectivity index (χ1n) is 6.35. The van der Waals surface area contributed by atoms with Gasteiger partial charge in [0.1, 0.15) is 7.85 Å². The van der Waals surface area contributed by atoms with Crippen molar-refractivity contribution in [1.29, 1.82) is 0 Å². The summed E-state index contributed by atoms with van der Waals surface area (Å²) in [6, 6.07) is 15.8. The van der Waals surface area contributed by atoms with Gasteiger partial charge in [-0.25, -0.2) is 0 Å². The van der Waals surface area contributed by atoms with Crippen LogP contribution in [-0.4, -0.2) is 12.8 Å². The molecule has 1 heterocycles. The molecule has 2 nitrogen and oxygen atoms in total. The zero-order valence-corrected chi connectivity index (χ0v) is 11.0. The summed E-state index contributed by atoms with van der Waals surface area (Å²) in [5.74, 6) is 0. The van der Waals surface area contributed by atoms with Gasteiger partial charge in [0.25, 0.3) is 0 Å². The minimum absolute atomic E-state index is 0.102. The number of nitrogens with one attached hydrogen (secondary N) is 1. The summed E-state index contributed by atoms with van der Waals surface area (Å²) in [7, 11) is 2.06. The normalized spacial score (nSPS) is 10.8. The first-order chi connectivity index (χ1) is 9.16. The highest BCUT2D eigenvalue weighted by Crippen LogP contribution is 2.21. The van der Waals surface area contributed by atoms with Crippen LogP contribution >= 0.6 is 0 Å². The van der Waals surface area contributed by atoms with E-state index < -0.39 is 0 Å². The molecule has 3 rings (SSSR count). The Morgan fingerprint density at radius 1 is 1.00 bits per heavy atom. The second-order valence-electron chi connectivity index (χ2n) is 4.87. The van der Waals surface area contributed by atoms with Crippen LogP contribution in [0, 0.1) is 6.92 Å². The van der Waals surface area contributed by atoms with E-state index in [0.717, 1.165) is 27.7 Å². The van der Waals surface area contributed by atoms with E-state index in [1.165, 1.54) is 5.46 Å². The van der Waals surface area contributed by atoms with Crippen molar-refractivity contribution in [3.63, 3.8) is 0 Å². The predicted molar refractivity (Wildman–Crippen MR) is 82.9 cm³/mol. The average Bonchev–Trinajstić information content (AvgIpc) is 2.44. The molecule has 19 heavy (non-hydrogen) atoms. The van der Waals surface area contributed by atoms with Crippen LogP contribution in [0.4, 0.5) is 0 Å². The zero-order valence-electron chi connectivity index (χ0n) is 11.0. The third-order valence-corrected chi connectivity index (χ3v) is 3.49. The summed E-state index contributed by atoms with van der Waals surface area (Å²) >= 11 is 0. The van der Waals surface area contributed by atoms with Crippen molar-refractivity contribution in [2.45, 2.75) is 6.92 Å².